The monoisotopic (exact) mass is 410 g/mol. The van der Waals surface area contributed by atoms with E-state index in [-0.39, 0.29) is 16.2 Å². The maximum absolute atomic E-state index is 12.4. The zero-order chi connectivity index (χ0) is 18.0. The predicted octanol–water partition coefficient (Wildman–Crippen LogP) is 5.26. The van der Waals surface area contributed by atoms with Crippen LogP contribution in [0.3, 0.4) is 0 Å². The third-order valence-electron chi connectivity index (χ3n) is 3.18. The predicted molar refractivity (Wildman–Crippen MR) is 102 cm³/mol. The number of anilines is 1. The second kappa shape index (κ2) is 7.70. The van der Waals surface area contributed by atoms with Crippen LogP contribution in [0.5, 0.6) is 0 Å². The number of hydrogen-bond acceptors (Lipinski definition) is 6. The number of amides is 1. The van der Waals surface area contributed by atoms with Gasteiger partial charge < -0.3 is 5.32 Å². The molecule has 2 aromatic heterocycles. The first kappa shape index (κ1) is 18.1. The summed E-state index contributed by atoms with van der Waals surface area (Å²) < 4.78 is 0.884. The van der Waals surface area contributed by atoms with Crippen LogP contribution in [-0.2, 0) is 0 Å². The van der Waals surface area contributed by atoms with Crippen LogP contribution < -0.4 is 5.32 Å². The molecule has 3 aromatic rings. The highest BCUT2D eigenvalue weighted by Gasteiger charge is 2.11. The van der Waals surface area contributed by atoms with Crippen LogP contribution >= 0.6 is 46.3 Å². The Bertz CT molecular complexity index is 925. The Morgan fingerprint density at radius 1 is 1.12 bits per heavy atom. The van der Waals surface area contributed by atoms with Crippen molar-refractivity contribution in [3.8, 4) is 0 Å². The molecule has 0 bridgehead atoms. The molecule has 0 aliphatic carbocycles. The zero-order valence-corrected chi connectivity index (χ0v) is 16.4. The van der Waals surface area contributed by atoms with E-state index in [1.165, 1.54) is 23.9 Å². The fourth-order valence-electron chi connectivity index (χ4n) is 2.05. The van der Waals surface area contributed by atoms with E-state index in [1.807, 2.05) is 32.0 Å². The van der Waals surface area contributed by atoms with E-state index in [0.29, 0.717) is 11.3 Å². The molecule has 0 radical (unpaired) electrons. The largest absolute Gasteiger partial charge is 0.322 e. The third-order valence-corrected chi connectivity index (χ3v) is 5.45. The lowest BCUT2D eigenvalue weighted by Crippen LogP contribution is -2.13. The first-order chi connectivity index (χ1) is 11.9. The van der Waals surface area contributed by atoms with Crippen LogP contribution in [0.2, 0.25) is 10.3 Å². The van der Waals surface area contributed by atoms with Gasteiger partial charge in [-0.05, 0) is 49.7 Å². The van der Waals surface area contributed by atoms with Gasteiger partial charge in [0.05, 0.1) is 0 Å². The molecule has 1 aromatic carbocycles. The average molecular weight is 411 g/mol. The lowest BCUT2D eigenvalue weighted by Gasteiger charge is -2.10. The summed E-state index contributed by atoms with van der Waals surface area (Å²) in [6.07, 6.45) is 0. The Kier molecular flexibility index (Phi) is 5.58. The van der Waals surface area contributed by atoms with Gasteiger partial charge in [-0.1, -0.05) is 46.3 Å². The summed E-state index contributed by atoms with van der Waals surface area (Å²) in [6.45, 7) is 3.85. The number of nitrogens with one attached hydrogen (secondary N) is 1. The van der Waals surface area contributed by atoms with Crippen LogP contribution in [0, 0.1) is 13.8 Å². The number of halogens is 2. The van der Waals surface area contributed by atoms with Gasteiger partial charge in [0, 0.05) is 16.1 Å². The Labute approximate surface area is 162 Å². The first-order valence-corrected chi connectivity index (χ1v) is 9.52. The molecule has 0 aliphatic heterocycles. The number of benzene rings is 1. The molecule has 0 fully saturated rings. The number of carbonyl (C=O) groups is 1. The van der Waals surface area contributed by atoms with Crippen molar-refractivity contribution in [2.24, 2.45) is 0 Å². The van der Waals surface area contributed by atoms with Gasteiger partial charge in [0.15, 0.2) is 4.34 Å². The molecule has 2 heterocycles. The summed E-state index contributed by atoms with van der Waals surface area (Å²) in [5.41, 5.74) is 2.00. The first-order valence-electron chi connectivity index (χ1n) is 7.14. The molecule has 3 rings (SSSR count). The lowest BCUT2D eigenvalue weighted by molar-refractivity contribution is 0.102. The highest BCUT2D eigenvalue weighted by Crippen LogP contribution is 2.32. The van der Waals surface area contributed by atoms with Gasteiger partial charge in [-0.25, -0.2) is 4.98 Å². The number of rotatable bonds is 4. The fourth-order valence-corrected chi connectivity index (χ4v) is 4.40. The van der Waals surface area contributed by atoms with Gasteiger partial charge in [-0.2, -0.15) is 0 Å². The van der Waals surface area contributed by atoms with Crippen molar-refractivity contribution >= 4 is 57.9 Å². The number of hydrogen-bond donors (Lipinski definition) is 1. The Morgan fingerprint density at radius 3 is 2.44 bits per heavy atom. The number of pyridine rings is 1. The van der Waals surface area contributed by atoms with Crippen molar-refractivity contribution in [2.45, 2.75) is 23.1 Å². The quantitative estimate of drug-likeness (QED) is 0.593. The van der Waals surface area contributed by atoms with E-state index >= 15 is 0 Å². The maximum Gasteiger partial charge on any atom is 0.255 e. The molecule has 128 valence electrons. The SMILES string of the molecule is Cc1nnc(Sc2ccc(NC(=O)c3cc(Cl)nc(Cl)c3)c(C)c2)s1. The minimum absolute atomic E-state index is 0.175. The molecule has 0 aliphatic rings. The van der Waals surface area contributed by atoms with Crippen LogP contribution in [0.25, 0.3) is 0 Å². The second-order valence-corrected chi connectivity index (χ2v) is 8.40. The van der Waals surface area contributed by atoms with Gasteiger partial charge in [0.1, 0.15) is 15.3 Å². The summed E-state index contributed by atoms with van der Waals surface area (Å²) in [4.78, 5) is 17.2. The van der Waals surface area contributed by atoms with E-state index in [2.05, 4.69) is 20.5 Å². The van der Waals surface area contributed by atoms with Crippen molar-refractivity contribution in [3.63, 3.8) is 0 Å². The molecular formula is C16H12Cl2N4OS2. The van der Waals surface area contributed by atoms with E-state index in [4.69, 9.17) is 23.2 Å². The van der Waals surface area contributed by atoms with Crippen LogP contribution in [0.1, 0.15) is 20.9 Å². The molecule has 0 saturated carbocycles. The zero-order valence-electron chi connectivity index (χ0n) is 13.2. The van der Waals surface area contributed by atoms with E-state index in [0.717, 1.165) is 19.8 Å². The van der Waals surface area contributed by atoms with Crippen molar-refractivity contribution in [3.05, 3.63) is 56.8 Å². The Hall–Kier alpha value is -1.67. The summed E-state index contributed by atoms with van der Waals surface area (Å²) in [6, 6.07) is 8.72. The molecule has 9 heteroatoms. The van der Waals surface area contributed by atoms with Crippen molar-refractivity contribution in [1.82, 2.24) is 15.2 Å². The smallest absolute Gasteiger partial charge is 0.255 e. The molecule has 1 N–H and O–H groups in total. The molecule has 0 atom stereocenters. The third kappa shape index (κ3) is 4.70. The molecule has 0 saturated heterocycles. The topological polar surface area (TPSA) is 67.8 Å². The normalized spacial score (nSPS) is 10.7. The van der Waals surface area contributed by atoms with Crippen molar-refractivity contribution in [1.29, 1.82) is 0 Å². The molecule has 5 nitrogen and oxygen atoms in total. The van der Waals surface area contributed by atoms with Crippen molar-refractivity contribution in [2.75, 3.05) is 5.32 Å². The Morgan fingerprint density at radius 2 is 1.84 bits per heavy atom. The summed E-state index contributed by atoms with van der Waals surface area (Å²) >= 11 is 14.8. The molecule has 1 amide bonds. The molecule has 25 heavy (non-hydrogen) atoms. The van der Waals surface area contributed by atoms with Gasteiger partial charge in [-0.3, -0.25) is 4.79 Å². The van der Waals surface area contributed by atoms with E-state index < -0.39 is 0 Å². The van der Waals surface area contributed by atoms with Crippen molar-refractivity contribution < 1.29 is 4.79 Å². The van der Waals surface area contributed by atoms with Gasteiger partial charge in [0.25, 0.3) is 5.91 Å². The average Bonchev–Trinajstić information content (AvgIpc) is 2.94. The van der Waals surface area contributed by atoms with Crippen LogP contribution in [-0.4, -0.2) is 21.1 Å². The minimum Gasteiger partial charge on any atom is -0.322 e. The molecular weight excluding hydrogens is 399 g/mol. The summed E-state index contributed by atoms with van der Waals surface area (Å²) in [7, 11) is 0. The lowest BCUT2D eigenvalue weighted by atomic mass is 10.2. The van der Waals surface area contributed by atoms with E-state index in [1.54, 1.807) is 11.3 Å². The minimum atomic E-state index is -0.297. The number of carbonyl (C=O) groups excluding carboxylic acids is 1. The number of nitrogens with zero attached hydrogens (tertiary/aromatic N) is 3. The molecule has 0 unspecified atom stereocenters. The summed E-state index contributed by atoms with van der Waals surface area (Å²) in [5, 5.41) is 12.2. The maximum atomic E-state index is 12.4. The standard InChI is InChI=1S/C16H12Cl2N4OS2/c1-8-5-11(25-16-22-21-9(2)24-16)3-4-12(8)19-15(23)10-6-13(17)20-14(18)7-10/h3-7H,1-2H3,(H,19,23). The highest BCUT2D eigenvalue weighted by molar-refractivity contribution is 8.01. The van der Waals surface area contributed by atoms with E-state index in [9.17, 15) is 4.79 Å². The number of aromatic nitrogens is 3. The van der Waals surface area contributed by atoms with Gasteiger partial charge in [-0.15, -0.1) is 10.2 Å². The van der Waals surface area contributed by atoms with Crippen LogP contribution in [0.15, 0.2) is 39.6 Å². The second-order valence-electron chi connectivity index (χ2n) is 5.12. The Balaban J connectivity index is 1.75. The van der Waals surface area contributed by atoms with Gasteiger partial charge in [0.2, 0.25) is 0 Å². The van der Waals surface area contributed by atoms with Crippen LogP contribution in [0.4, 0.5) is 5.69 Å². The van der Waals surface area contributed by atoms with Gasteiger partial charge >= 0.3 is 0 Å². The number of aryl methyl sites for hydroxylation is 2. The molecule has 0 spiro atoms. The fraction of sp³-hybridized carbons (Fsp3) is 0.125. The summed E-state index contributed by atoms with van der Waals surface area (Å²) in [5.74, 6) is -0.297. The highest BCUT2D eigenvalue weighted by atomic mass is 35.5.